The molecule has 0 atom stereocenters. The third-order valence-electron chi connectivity index (χ3n) is 4.07. The van der Waals surface area contributed by atoms with E-state index in [1.807, 2.05) is 0 Å². The van der Waals surface area contributed by atoms with Gasteiger partial charge in [-0.2, -0.15) is 0 Å². The molecule has 0 radical (unpaired) electrons. The molecule has 1 aromatic carbocycles. The molecule has 0 unspecified atom stereocenters. The highest BCUT2D eigenvalue weighted by Crippen LogP contribution is 2.35. The number of rotatable bonds is 5. The molecule has 3 N–H and O–H groups in total. The molecular weight excluding hydrogens is 252 g/mol. The van der Waals surface area contributed by atoms with E-state index < -0.39 is 0 Å². The van der Waals surface area contributed by atoms with Crippen LogP contribution in [0.15, 0.2) is 30.3 Å². The molecule has 0 bridgehead atoms. The van der Waals surface area contributed by atoms with Crippen LogP contribution in [0.1, 0.15) is 37.2 Å². The van der Waals surface area contributed by atoms with Gasteiger partial charge in [0.05, 0.1) is 6.61 Å². The molecule has 0 aromatic heterocycles. The molecule has 2 rings (SSSR count). The van der Waals surface area contributed by atoms with Crippen LogP contribution in [0.25, 0.3) is 0 Å². The first-order valence-corrected chi connectivity index (χ1v) is 7.47. The number of aliphatic hydroxyl groups is 1. The first-order chi connectivity index (χ1) is 9.79. The van der Waals surface area contributed by atoms with Crippen molar-refractivity contribution in [2.45, 2.75) is 31.6 Å². The number of aliphatic hydroxyl groups excluding tert-OH is 1. The van der Waals surface area contributed by atoms with E-state index >= 15 is 0 Å². The van der Waals surface area contributed by atoms with Gasteiger partial charge in [-0.3, -0.25) is 0 Å². The van der Waals surface area contributed by atoms with Crippen molar-refractivity contribution in [3.05, 3.63) is 35.9 Å². The van der Waals surface area contributed by atoms with Crippen molar-refractivity contribution in [3.63, 3.8) is 0 Å². The zero-order valence-electron chi connectivity index (χ0n) is 11.8. The van der Waals surface area contributed by atoms with Crippen molar-refractivity contribution in [1.82, 2.24) is 10.6 Å². The summed E-state index contributed by atoms with van der Waals surface area (Å²) in [5.74, 6) is 1.26. The average Bonchev–Trinajstić information content (AvgIpc) is 2.52. The van der Waals surface area contributed by atoms with Gasteiger partial charge < -0.3 is 15.7 Å². The van der Waals surface area contributed by atoms with Crippen LogP contribution in [0.4, 0.5) is 4.79 Å². The zero-order chi connectivity index (χ0) is 14.2. The smallest absolute Gasteiger partial charge is 0.314 e. The Balaban J connectivity index is 1.68. The fourth-order valence-corrected chi connectivity index (χ4v) is 2.89. The Bertz CT molecular complexity index is 400. The molecule has 0 heterocycles. The third-order valence-corrected chi connectivity index (χ3v) is 4.07. The number of urea groups is 1. The average molecular weight is 276 g/mol. The highest BCUT2D eigenvalue weighted by Gasteiger charge is 2.22. The van der Waals surface area contributed by atoms with Crippen LogP contribution in [0.5, 0.6) is 0 Å². The van der Waals surface area contributed by atoms with Crippen LogP contribution in [0, 0.1) is 5.92 Å². The van der Waals surface area contributed by atoms with Gasteiger partial charge in [0.15, 0.2) is 0 Å². The van der Waals surface area contributed by atoms with E-state index in [1.165, 1.54) is 31.2 Å². The molecule has 110 valence electrons. The fourth-order valence-electron chi connectivity index (χ4n) is 2.89. The highest BCUT2D eigenvalue weighted by atomic mass is 16.3. The van der Waals surface area contributed by atoms with Gasteiger partial charge in [0, 0.05) is 13.1 Å². The standard InChI is InChI=1S/C16H24N2O2/c19-11-10-17-16(20)18-12-13-6-8-15(9-7-13)14-4-2-1-3-5-14/h1-5,13,15,19H,6-12H2,(H2,17,18,20). The van der Waals surface area contributed by atoms with Gasteiger partial charge in [0.25, 0.3) is 0 Å². The molecule has 1 aliphatic carbocycles. The molecule has 20 heavy (non-hydrogen) atoms. The molecule has 2 amide bonds. The van der Waals surface area contributed by atoms with Gasteiger partial charge in [-0.05, 0) is 43.1 Å². The van der Waals surface area contributed by atoms with Crippen molar-refractivity contribution in [1.29, 1.82) is 0 Å². The van der Waals surface area contributed by atoms with Gasteiger partial charge in [0.1, 0.15) is 0 Å². The Morgan fingerprint density at radius 1 is 1.10 bits per heavy atom. The third kappa shape index (κ3) is 4.53. The lowest BCUT2D eigenvalue weighted by molar-refractivity contribution is 0.229. The Kier molecular flexibility index (Phi) is 5.87. The molecule has 1 saturated carbocycles. The normalized spacial score (nSPS) is 22.2. The van der Waals surface area contributed by atoms with E-state index in [0.717, 1.165) is 6.54 Å². The molecular formula is C16H24N2O2. The summed E-state index contributed by atoms with van der Waals surface area (Å²) in [6.45, 7) is 1.03. The lowest BCUT2D eigenvalue weighted by Gasteiger charge is -2.28. The summed E-state index contributed by atoms with van der Waals surface area (Å²) in [5, 5.41) is 14.1. The number of amides is 2. The largest absolute Gasteiger partial charge is 0.395 e. The summed E-state index contributed by atoms with van der Waals surface area (Å²) in [6.07, 6.45) is 4.74. The number of carbonyl (C=O) groups is 1. The van der Waals surface area contributed by atoms with E-state index in [2.05, 4.69) is 41.0 Å². The Hall–Kier alpha value is -1.55. The van der Waals surface area contributed by atoms with Crippen molar-refractivity contribution in [2.24, 2.45) is 5.92 Å². The topological polar surface area (TPSA) is 61.4 Å². The van der Waals surface area contributed by atoms with Gasteiger partial charge in [-0.25, -0.2) is 4.79 Å². The summed E-state index contributed by atoms with van der Waals surface area (Å²) in [7, 11) is 0. The predicted octanol–water partition coefficient (Wildman–Crippen LogP) is 2.25. The summed E-state index contributed by atoms with van der Waals surface area (Å²) in [5.41, 5.74) is 1.44. The van der Waals surface area contributed by atoms with Gasteiger partial charge in [-0.1, -0.05) is 30.3 Å². The molecule has 1 aliphatic rings. The number of nitrogens with one attached hydrogen (secondary N) is 2. The van der Waals surface area contributed by atoms with Crippen molar-refractivity contribution >= 4 is 6.03 Å². The maximum absolute atomic E-state index is 11.4. The summed E-state index contributed by atoms with van der Waals surface area (Å²) in [6, 6.07) is 10.5. The monoisotopic (exact) mass is 276 g/mol. The quantitative estimate of drug-likeness (QED) is 0.772. The maximum atomic E-state index is 11.4. The number of hydrogen-bond acceptors (Lipinski definition) is 2. The van der Waals surface area contributed by atoms with E-state index in [4.69, 9.17) is 5.11 Å². The molecule has 0 aliphatic heterocycles. The molecule has 0 spiro atoms. The zero-order valence-corrected chi connectivity index (χ0v) is 11.8. The molecule has 1 fully saturated rings. The first kappa shape index (κ1) is 14.9. The van der Waals surface area contributed by atoms with E-state index in [-0.39, 0.29) is 12.6 Å². The predicted molar refractivity (Wildman–Crippen MR) is 79.6 cm³/mol. The number of hydrogen-bond donors (Lipinski definition) is 3. The minimum absolute atomic E-state index is 0.0182. The van der Waals surface area contributed by atoms with Gasteiger partial charge in [-0.15, -0.1) is 0 Å². The maximum Gasteiger partial charge on any atom is 0.314 e. The number of benzene rings is 1. The highest BCUT2D eigenvalue weighted by molar-refractivity contribution is 5.73. The van der Waals surface area contributed by atoms with Crippen LogP contribution in [0.2, 0.25) is 0 Å². The Morgan fingerprint density at radius 3 is 2.45 bits per heavy atom. The van der Waals surface area contributed by atoms with E-state index in [0.29, 0.717) is 18.4 Å². The van der Waals surface area contributed by atoms with Crippen LogP contribution >= 0.6 is 0 Å². The SMILES string of the molecule is O=C(NCCO)NCC1CCC(c2ccccc2)CC1. The summed E-state index contributed by atoms with van der Waals surface area (Å²) >= 11 is 0. The second-order valence-corrected chi connectivity index (χ2v) is 5.49. The van der Waals surface area contributed by atoms with Crippen LogP contribution in [-0.2, 0) is 0 Å². The van der Waals surface area contributed by atoms with Crippen molar-refractivity contribution < 1.29 is 9.90 Å². The fraction of sp³-hybridized carbons (Fsp3) is 0.562. The Labute approximate surface area is 120 Å². The van der Waals surface area contributed by atoms with E-state index in [9.17, 15) is 4.79 Å². The molecule has 4 nitrogen and oxygen atoms in total. The first-order valence-electron chi connectivity index (χ1n) is 7.47. The lowest BCUT2D eigenvalue weighted by Crippen LogP contribution is -2.39. The van der Waals surface area contributed by atoms with Crippen LogP contribution in [0.3, 0.4) is 0 Å². The van der Waals surface area contributed by atoms with Crippen LogP contribution < -0.4 is 10.6 Å². The number of carbonyl (C=O) groups excluding carboxylic acids is 1. The van der Waals surface area contributed by atoms with Crippen molar-refractivity contribution in [3.8, 4) is 0 Å². The lowest BCUT2D eigenvalue weighted by atomic mass is 9.79. The second kappa shape index (κ2) is 7.90. The van der Waals surface area contributed by atoms with Gasteiger partial charge >= 0.3 is 6.03 Å². The van der Waals surface area contributed by atoms with Crippen LogP contribution in [-0.4, -0.2) is 30.8 Å². The molecule has 0 saturated heterocycles. The van der Waals surface area contributed by atoms with E-state index in [1.54, 1.807) is 0 Å². The Morgan fingerprint density at radius 2 is 1.80 bits per heavy atom. The molecule has 4 heteroatoms. The molecule has 1 aromatic rings. The summed E-state index contributed by atoms with van der Waals surface area (Å²) in [4.78, 5) is 11.4. The van der Waals surface area contributed by atoms with Crippen molar-refractivity contribution in [2.75, 3.05) is 19.7 Å². The minimum Gasteiger partial charge on any atom is -0.395 e. The second-order valence-electron chi connectivity index (χ2n) is 5.49. The minimum atomic E-state index is -0.177. The van der Waals surface area contributed by atoms with Gasteiger partial charge in [0.2, 0.25) is 0 Å². The summed E-state index contributed by atoms with van der Waals surface area (Å²) < 4.78 is 0.